The average Bonchev–Trinajstić information content (AvgIpc) is 2.62. The van der Waals surface area contributed by atoms with Crippen LogP contribution in [0.3, 0.4) is 0 Å². The molecule has 0 aliphatic heterocycles. The Kier molecular flexibility index (Phi) is 3.21. The van der Waals surface area contributed by atoms with Gasteiger partial charge in [-0.25, -0.2) is 0 Å². The lowest BCUT2D eigenvalue weighted by molar-refractivity contribution is 1.60. The van der Waals surface area contributed by atoms with Crippen molar-refractivity contribution in [2.45, 2.75) is 0 Å². The molecule has 0 N–H and O–H groups in total. The van der Waals surface area contributed by atoms with Gasteiger partial charge in [0.2, 0.25) is 0 Å². The molecule has 103 valence electrons. The van der Waals surface area contributed by atoms with Gasteiger partial charge in [0.15, 0.2) is 0 Å². The molecule has 1 radical (unpaired) electrons. The van der Waals surface area contributed by atoms with Gasteiger partial charge in [0, 0.05) is 0 Å². The van der Waals surface area contributed by atoms with Crippen molar-refractivity contribution in [1.82, 2.24) is 0 Å². The third-order valence-electron chi connectivity index (χ3n) is 3.99. The standard InChI is InChI=1S/C22H15/c1-2-7-17(8-3-1)20-11-6-12-21(15-20)22-14-13-18-9-4-5-10-19(18)16-22/h1-3,5-16H. The van der Waals surface area contributed by atoms with Crippen LogP contribution in [0.4, 0.5) is 0 Å². The Hall–Kier alpha value is -2.86. The molecule has 0 aliphatic carbocycles. The van der Waals surface area contributed by atoms with Crippen molar-refractivity contribution in [3.8, 4) is 22.3 Å². The summed E-state index contributed by atoms with van der Waals surface area (Å²) in [7, 11) is 0. The van der Waals surface area contributed by atoms with Crippen LogP contribution in [0, 0.1) is 6.07 Å². The van der Waals surface area contributed by atoms with Crippen molar-refractivity contribution in [2.75, 3.05) is 0 Å². The first-order valence-electron chi connectivity index (χ1n) is 7.46. The summed E-state index contributed by atoms with van der Waals surface area (Å²) in [5, 5.41) is 2.48. The summed E-state index contributed by atoms with van der Waals surface area (Å²) in [6.07, 6.45) is 0. The summed E-state index contributed by atoms with van der Waals surface area (Å²) >= 11 is 0. The largest absolute Gasteiger partial charge is 0.0622 e. The van der Waals surface area contributed by atoms with Crippen LogP contribution in [0.2, 0.25) is 0 Å². The monoisotopic (exact) mass is 279 g/mol. The van der Waals surface area contributed by atoms with E-state index in [1.54, 1.807) is 0 Å². The molecular weight excluding hydrogens is 264 g/mol. The molecule has 0 nitrogen and oxygen atoms in total. The molecule has 0 heteroatoms. The van der Waals surface area contributed by atoms with Gasteiger partial charge in [-0.3, -0.25) is 0 Å². The molecule has 0 atom stereocenters. The predicted molar refractivity (Wildman–Crippen MR) is 93.7 cm³/mol. The van der Waals surface area contributed by atoms with E-state index in [0.29, 0.717) is 0 Å². The van der Waals surface area contributed by atoms with E-state index in [-0.39, 0.29) is 0 Å². The molecule has 0 saturated carbocycles. The Balaban J connectivity index is 1.81. The van der Waals surface area contributed by atoms with E-state index in [0.717, 1.165) is 0 Å². The predicted octanol–water partition coefficient (Wildman–Crippen LogP) is 5.97. The highest BCUT2D eigenvalue weighted by Gasteiger charge is 2.02. The second-order valence-electron chi connectivity index (χ2n) is 5.43. The van der Waals surface area contributed by atoms with Crippen LogP contribution in [-0.2, 0) is 0 Å². The van der Waals surface area contributed by atoms with Gasteiger partial charge in [0.05, 0.1) is 0 Å². The molecule has 0 amide bonds. The van der Waals surface area contributed by atoms with Gasteiger partial charge < -0.3 is 0 Å². The zero-order valence-electron chi connectivity index (χ0n) is 12.2. The molecule has 0 saturated heterocycles. The second-order valence-corrected chi connectivity index (χ2v) is 5.43. The molecule has 4 aromatic carbocycles. The summed E-state index contributed by atoms with van der Waals surface area (Å²) < 4.78 is 0. The Bertz CT molecular complexity index is 920. The quantitative estimate of drug-likeness (QED) is 0.424. The maximum absolute atomic E-state index is 3.13. The minimum absolute atomic E-state index is 1.23. The first kappa shape index (κ1) is 12.8. The van der Waals surface area contributed by atoms with Gasteiger partial charge in [-0.2, -0.15) is 0 Å². The molecule has 4 rings (SSSR count). The lowest BCUT2D eigenvalue weighted by Crippen LogP contribution is -1.82. The fraction of sp³-hybridized carbons (Fsp3) is 0. The molecule has 0 fully saturated rings. The second kappa shape index (κ2) is 5.50. The summed E-state index contributed by atoms with van der Waals surface area (Å²) in [4.78, 5) is 0. The third kappa shape index (κ3) is 2.40. The first-order chi connectivity index (χ1) is 10.9. The van der Waals surface area contributed by atoms with E-state index < -0.39 is 0 Å². The fourth-order valence-electron chi connectivity index (χ4n) is 2.81. The lowest BCUT2D eigenvalue weighted by Gasteiger charge is -2.07. The van der Waals surface area contributed by atoms with Crippen molar-refractivity contribution in [3.05, 3.63) is 97.1 Å². The summed E-state index contributed by atoms with van der Waals surface area (Å²) in [6, 6.07) is 35.0. The lowest BCUT2D eigenvalue weighted by atomic mass is 9.97. The van der Waals surface area contributed by atoms with E-state index >= 15 is 0 Å². The van der Waals surface area contributed by atoms with Gasteiger partial charge in [-0.1, -0.05) is 72.8 Å². The summed E-state index contributed by atoms with van der Waals surface area (Å²) in [6.45, 7) is 0. The highest BCUT2D eigenvalue weighted by molar-refractivity contribution is 5.87. The Morgan fingerprint density at radius 3 is 2.09 bits per heavy atom. The number of fused-ring (bicyclic) bond motifs is 1. The molecule has 0 heterocycles. The van der Waals surface area contributed by atoms with Gasteiger partial charge >= 0.3 is 0 Å². The highest BCUT2D eigenvalue weighted by Crippen LogP contribution is 2.28. The van der Waals surface area contributed by atoms with Crippen LogP contribution in [0.5, 0.6) is 0 Å². The Labute approximate surface area is 130 Å². The van der Waals surface area contributed by atoms with Crippen LogP contribution in [0.1, 0.15) is 0 Å². The average molecular weight is 279 g/mol. The number of hydrogen-bond donors (Lipinski definition) is 0. The van der Waals surface area contributed by atoms with Crippen LogP contribution >= 0.6 is 0 Å². The van der Waals surface area contributed by atoms with Crippen LogP contribution in [-0.4, -0.2) is 0 Å². The Morgan fingerprint density at radius 2 is 1.23 bits per heavy atom. The Morgan fingerprint density at radius 1 is 0.500 bits per heavy atom. The number of hydrogen-bond acceptors (Lipinski definition) is 0. The molecule has 0 spiro atoms. The number of benzene rings is 4. The van der Waals surface area contributed by atoms with Crippen LogP contribution < -0.4 is 0 Å². The molecule has 0 aromatic heterocycles. The highest BCUT2D eigenvalue weighted by atomic mass is 14.1. The smallest absolute Gasteiger partial charge is 0.0177 e. The third-order valence-corrected chi connectivity index (χ3v) is 3.99. The molecule has 0 bridgehead atoms. The normalized spacial score (nSPS) is 10.7. The maximum atomic E-state index is 3.13. The number of rotatable bonds is 2. The summed E-state index contributed by atoms with van der Waals surface area (Å²) in [5.74, 6) is 0. The van der Waals surface area contributed by atoms with E-state index in [1.807, 2.05) is 18.2 Å². The fourth-order valence-corrected chi connectivity index (χ4v) is 2.81. The zero-order valence-corrected chi connectivity index (χ0v) is 12.2. The van der Waals surface area contributed by atoms with Gasteiger partial charge in [-0.05, 0) is 57.3 Å². The van der Waals surface area contributed by atoms with Crippen molar-refractivity contribution in [1.29, 1.82) is 0 Å². The van der Waals surface area contributed by atoms with Gasteiger partial charge in [-0.15, -0.1) is 0 Å². The molecule has 22 heavy (non-hydrogen) atoms. The molecule has 0 aliphatic rings. The van der Waals surface area contributed by atoms with Gasteiger partial charge in [0.1, 0.15) is 0 Å². The topological polar surface area (TPSA) is 0 Å². The van der Waals surface area contributed by atoms with Crippen molar-refractivity contribution in [2.24, 2.45) is 0 Å². The van der Waals surface area contributed by atoms with Crippen LogP contribution in [0.15, 0.2) is 91.0 Å². The van der Waals surface area contributed by atoms with E-state index in [2.05, 4.69) is 78.9 Å². The minimum Gasteiger partial charge on any atom is -0.0622 e. The van der Waals surface area contributed by atoms with E-state index in [1.165, 1.54) is 33.0 Å². The SMILES string of the molecule is [c]1ccc2cc(-c3cccc(-c4ccccc4)c3)ccc2c1. The molecular formula is C22H15. The zero-order chi connectivity index (χ0) is 14.8. The molecule has 0 unspecified atom stereocenters. The van der Waals surface area contributed by atoms with Crippen molar-refractivity contribution < 1.29 is 0 Å². The maximum Gasteiger partial charge on any atom is -0.0177 e. The minimum atomic E-state index is 1.23. The van der Waals surface area contributed by atoms with Crippen LogP contribution in [0.25, 0.3) is 33.0 Å². The van der Waals surface area contributed by atoms with E-state index in [9.17, 15) is 0 Å². The first-order valence-corrected chi connectivity index (χ1v) is 7.46. The summed E-state index contributed by atoms with van der Waals surface area (Å²) in [5.41, 5.74) is 4.99. The van der Waals surface area contributed by atoms with Crippen molar-refractivity contribution >= 4 is 10.8 Å². The van der Waals surface area contributed by atoms with E-state index in [4.69, 9.17) is 0 Å². The van der Waals surface area contributed by atoms with Crippen molar-refractivity contribution in [3.63, 3.8) is 0 Å². The molecule has 4 aromatic rings. The van der Waals surface area contributed by atoms with Gasteiger partial charge in [0.25, 0.3) is 0 Å².